The third-order valence-corrected chi connectivity index (χ3v) is 8.83. The van der Waals surface area contributed by atoms with Crippen LogP contribution in [0, 0.1) is 5.92 Å². The summed E-state index contributed by atoms with van der Waals surface area (Å²) in [5, 5.41) is 0. The summed E-state index contributed by atoms with van der Waals surface area (Å²) >= 11 is 0. The molecule has 45 heavy (non-hydrogen) atoms. The van der Waals surface area contributed by atoms with Crippen LogP contribution >= 0.6 is 15.6 Å². The van der Waals surface area contributed by atoms with E-state index in [1.807, 2.05) is 0 Å². The van der Waals surface area contributed by atoms with Crippen molar-refractivity contribution in [2.24, 2.45) is 11.7 Å². The van der Waals surface area contributed by atoms with Crippen LogP contribution < -0.4 is 22.8 Å². The lowest BCUT2D eigenvalue weighted by Gasteiger charge is -2.26. The molecular weight excluding hydrogens is 644 g/mol. The highest BCUT2D eigenvalue weighted by atomic mass is 31.2. The second kappa shape index (κ2) is 12.1. The molecule has 6 rings (SSSR count). The van der Waals surface area contributed by atoms with Crippen molar-refractivity contribution in [3.8, 4) is 0 Å². The second-order valence-electron chi connectivity index (χ2n) is 10.2. The SMILES string of the molecule is NC[C@H]1[C@@H](OP(=O)(O)OC[C@@H]2CC[C@H](n3cnc4c(N)ncnc43)O2)[C@H](n2cnc3c(=O)[nH]c(N)nc32)O[C@@H]1COP(=O)(O)O. The fraction of sp³-hybridized carbons (Fsp3) is 0.524. The number of fused-ring (bicyclic) bond motifs is 2. The van der Waals surface area contributed by atoms with Crippen molar-refractivity contribution in [2.45, 2.75) is 43.6 Å². The third-order valence-electron chi connectivity index (χ3n) is 7.36. The number of phosphoric acid groups is 2. The Hall–Kier alpha value is -3.40. The highest BCUT2D eigenvalue weighted by molar-refractivity contribution is 7.47. The fourth-order valence-electron chi connectivity index (χ4n) is 5.34. The van der Waals surface area contributed by atoms with Crippen molar-refractivity contribution in [2.75, 3.05) is 31.2 Å². The van der Waals surface area contributed by atoms with Crippen LogP contribution in [-0.4, -0.2) is 91.8 Å². The van der Waals surface area contributed by atoms with Crippen LogP contribution in [0.5, 0.6) is 0 Å². The Bertz CT molecular complexity index is 1860. The number of imidazole rings is 2. The van der Waals surface area contributed by atoms with Gasteiger partial charge in [-0.15, -0.1) is 0 Å². The number of nitrogen functional groups attached to an aromatic ring is 2. The molecule has 4 aromatic rings. The van der Waals surface area contributed by atoms with Crippen molar-refractivity contribution in [1.82, 2.24) is 39.0 Å². The van der Waals surface area contributed by atoms with Crippen LogP contribution in [0.3, 0.4) is 0 Å². The van der Waals surface area contributed by atoms with Crippen LogP contribution in [0.2, 0.25) is 0 Å². The molecule has 7 atom stereocenters. The van der Waals surface area contributed by atoms with Crippen LogP contribution in [-0.2, 0) is 32.2 Å². The summed E-state index contributed by atoms with van der Waals surface area (Å²) in [6, 6.07) is 0. The molecule has 1 unspecified atom stereocenters. The van der Waals surface area contributed by atoms with Crippen LogP contribution in [0.4, 0.5) is 11.8 Å². The van der Waals surface area contributed by atoms with E-state index in [4.69, 9.17) is 35.7 Å². The predicted molar refractivity (Wildman–Crippen MR) is 151 cm³/mol. The summed E-state index contributed by atoms with van der Waals surface area (Å²) in [6.45, 7) is -1.23. The number of hydrogen-bond donors (Lipinski definition) is 7. The summed E-state index contributed by atoms with van der Waals surface area (Å²) in [6.07, 6.45) is -0.0160. The summed E-state index contributed by atoms with van der Waals surface area (Å²) in [5.41, 5.74) is 17.5. The number of aromatic amines is 1. The van der Waals surface area contributed by atoms with E-state index in [1.165, 1.54) is 23.5 Å². The minimum absolute atomic E-state index is 0.0553. The number of nitrogens with two attached hydrogens (primary N) is 3. The third kappa shape index (κ3) is 6.48. The summed E-state index contributed by atoms with van der Waals surface area (Å²) < 4.78 is 55.0. The number of aromatic nitrogens is 8. The standard InChI is InChI=1S/C21H29N11O11P2/c22-3-10-11(5-39-44(34,35)36)42-20(32-8-28-14-18(32)29-21(24)30-19(14)33)15(10)43-45(37,38)40-4-9-1-2-12(41-9)31-7-27-13-16(23)25-6-26-17(13)31/h6-12,15,20H,1-5,22H2,(H,37,38)(H2,23,25,26)(H2,34,35,36)(H3,24,29,30,33)/t9-,10+,11+,12+,15+,20+/m0/s1. The molecule has 244 valence electrons. The Morgan fingerprint density at radius 1 is 0.978 bits per heavy atom. The molecule has 4 aromatic heterocycles. The average Bonchev–Trinajstić information content (AvgIpc) is 3.75. The molecular formula is C21H29N11O11P2. The number of ether oxygens (including phenoxy) is 2. The van der Waals surface area contributed by atoms with E-state index in [-0.39, 0.29) is 36.1 Å². The van der Waals surface area contributed by atoms with E-state index < -0.39 is 64.5 Å². The molecule has 0 aromatic carbocycles. The lowest BCUT2D eigenvalue weighted by Crippen LogP contribution is -2.36. The Kier molecular flexibility index (Phi) is 8.48. The largest absolute Gasteiger partial charge is 0.472 e. The van der Waals surface area contributed by atoms with Gasteiger partial charge in [-0.3, -0.25) is 32.5 Å². The first-order valence-electron chi connectivity index (χ1n) is 13.4. The monoisotopic (exact) mass is 673 g/mol. The number of nitrogens with zero attached hydrogens (tertiary/aromatic N) is 7. The Labute approximate surface area is 251 Å². The molecule has 2 saturated heterocycles. The first-order chi connectivity index (χ1) is 21.3. The number of nitrogens with one attached hydrogen (secondary N) is 1. The lowest BCUT2D eigenvalue weighted by molar-refractivity contribution is -0.0532. The molecule has 2 aliphatic heterocycles. The van der Waals surface area contributed by atoms with Crippen LogP contribution in [0.25, 0.3) is 22.3 Å². The smallest absolute Gasteiger partial charge is 0.382 e. The van der Waals surface area contributed by atoms with Crippen LogP contribution in [0.15, 0.2) is 23.8 Å². The number of anilines is 2. The normalized spacial score (nSPS) is 27.0. The van der Waals surface area contributed by atoms with Crippen molar-refractivity contribution in [3.05, 3.63) is 29.3 Å². The predicted octanol–water partition coefficient (Wildman–Crippen LogP) is -1.11. The number of hydrogen-bond acceptors (Lipinski definition) is 16. The quantitative estimate of drug-likeness (QED) is 0.0927. The first kappa shape index (κ1) is 31.6. The molecule has 0 aliphatic carbocycles. The van der Waals surface area contributed by atoms with Gasteiger partial charge in [0.2, 0.25) is 5.95 Å². The van der Waals surface area contributed by atoms with E-state index in [2.05, 4.69) is 34.4 Å². The van der Waals surface area contributed by atoms with Gasteiger partial charge < -0.3 is 41.4 Å². The molecule has 22 nitrogen and oxygen atoms in total. The maximum Gasteiger partial charge on any atom is 0.472 e. The van der Waals surface area contributed by atoms with Gasteiger partial charge in [-0.1, -0.05) is 0 Å². The van der Waals surface area contributed by atoms with Crippen molar-refractivity contribution < 1.29 is 46.9 Å². The summed E-state index contributed by atoms with van der Waals surface area (Å²) in [5.74, 6) is -0.990. The van der Waals surface area contributed by atoms with E-state index in [1.54, 1.807) is 4.57 Å². The minimum Gasteiger partial charge on any atom is -0.382 e. The van der Waals surface area contributed by atoms with E-state index in [0.717, 1.165) is 0 Å². The van der Waals surface area contributed by atoms with Gasteiger partial charge in [0, 0.05) is 12.5 Å². The van der Waals surface area contributed by atoms with Crippen molar-refractivity contribution >= 4 is 49.7 Å². The Morgan fingerprint density at radius 3 is 2.49 bits per heavy atom. The molecule has 24 heteroatoms. The molecule has 0 saturated carbocycles. The molecule has 6 heterocycles. The van der Waals surface area contributed by atoms with Gasteiger partial charge in [0.25, 0.3) is 5.56 Å². The number of phosphoric ester groups is 2. The molecule has 2 aliphatic rings. The molecule has 0 radical (unpaired) electrons. The maximum atomic E-state index is 13.3. The number of H-pyrrole nitrogens is 1. The second-order valence-corrected chi connectivity index (χ2v) is 12.9. The zero-order valence-corrected chi connectivity index (χ0v) is 24.9. The van der Waals surface area contributed by atoms with Gasteiger partial charge >= 0.3 is 15.6 Å². The Morgan fingerprint density at radius 2 is 1.73 bits per heavy atom. The topological polar surface area (TPSA) is 326 Å². The lowest BCUT2D eigenvalue weighted by atomic mass is 9.99. The number of rotatable bonds is 11. The van der Waals surface area contributed by atoms with Gasteiger partial charge in [0.05, 0.1) is 38.1 Å². The highest BCUT2D eigenvalue weighted by Gasteiger charge is 2.50. The fourth-order valence-corrected chi connectivity index (χ4v) is 6.66. The average molecular weight is 673 g/mol. The minimum atomic E-state index is -4.93. The van der Waals surface area contributed by atoms with E-state index >= 15 is 0 Å². The Balaban J connectivity index is 1.19. The van der Waals surface area contributed by atoms with Crippen LogP contribution in [0.1, 0.15) is 25.3 Å². The molecule has 0 bridgehead atoms. The van der Waals surface area contributed by atoms with Crippen molar-refractivity contribution in [1.29, 1.82) is 0 Å². The van der Waals surface area contributed by atoms with Gasteiger partial charge in [-0.05, 0) is 12.8 Å². The molecule has 0 spiro atoms. The van der Waals surface area contributed by atoms with Crippen molar-refractivity contribution in [3.63, 3.8) is 0 Å². The molecule has 2 fully saturated rings. The van der Waals surface area contributed by atoms with E-state index in [0.29, 0.717) is 24.0 Å². The summed E-state index contributed by atoms with van der Waals surface area (Å²) in [7, 11) is -9.81. The highest BCUT2D eigenvalue weighted by Crippen LogP contribution is 2.52. The summed E-state index contributed by atoms with van der Waals surface area (Å²) in [4.78, 5) is 64.3. The van der Waals surface area contributed by atoms with Gasteiger partial charge in [0.1, 0.15) is 24.2 Å². The van der Waals surface area contributed by atoms with E-state index in [9.17, 15) is 28.6 Å². The van der Waals surface area contributed by atoms with Gasteiger partial charge in [-0.2, -0.15) is 4.98 Å². The molecule has 10 N–H and O–H groups in total. The molecule has 0 amide bonds. The maximum absolute atomic E-state index is 13.3. The van der Waals surface area contributed by atoms with Gasteiger partial charge in [-0.25, -0.2) is 29.1 Å². The first-order valence-corrected chi connectivity index (χ1v) is 16.4. The zero-order chi connectivity index (χ0) is 32.1. The zero-order valence-electron chi connectivity index (χ0n) is 23.1. The van der Waals surface area contributed by atoms with Gasteiger partial charge in [0.15, 0.2) is 28.9 Å².